The lowest BCUT2D eigenvalue weighted by molar-refractivity contribution is 0.0570. The highest BCUT2D eigenvalue weighted by Crippen LogP contribution is 2.44. The zero-order chi connectivity index (χ0) is 24.0. The molecular formula is C25H28N2O4S3. The van der Waals surface area contributed by atoms with Gasteiger partial charge < -0.3 is 9.80 Å². The number of Topliss-reactive ketones (excluding diaryl/α,β-unsaturated/α-hetero) is 2. The van der Waals surface area contributed by atoms with Crippen molar-refractivity contribution in [2.24, 2.45) is 5.41 Å². The van der Waals surface area contributed by atoms with Crippen molar-refractivity contribution in [2.75, 3.05) is 32.4 Å². The summed E-state index contributed by atoms with van der Waals surface area (Å²) in [6, 6.07) is 3.48. The van der Waals surface area contributed by atoms with Crippen LogP contribution in [0.2, 0.25) is 0 Å². The number of amides is 2. The van der Waals surface area contributed by atoms with Gasteiger partial charge in [-0.25, -0.2) is 0 Å². The van der Waals surface area contributed by atoms with Crippen molar-refractivity contribution in [3.63, 3.8) is 0 Å². The van der Waals surface area contributed by atoms with Crippen LogP contribution in [-0.4, -0.2) is 65.6 Å². The second kappa shape index (κ2) is 9.24. The van der Waals surface area contributed by atoms with E-state index in [1.165, 1.54) is 29.6 Å². The number of nitrogens with zero attached hydrogens (tertiary/aromatic N) is 2. The molecule has 5 rings (SSSR count). The Morgan fingerprint density at radius 2 is 1.62 bits per heavy atom. The van der Waals surface area contributed by atoms with Crippen LogP contribution in [0, 0.1) is 5.41 Å². The van der Waals surface area contributed by atoms with Crippen molar-refractivity contribution in [1.29, 1.82) is 0 Å². The van der Waals surface area contributed by atoms with Crippen molar-refractivity contribution in [1.82, 2.24) is 9.80 Å². The number of likely N-dealkylation sites (tertiary alicyclic amines) is 2. The average molecular weight is 517 g/mol. The molecule has 2 aliphatic heterocycles. The number of ketones is 2. The molecule has 34 heavy (non-hydrogen) atoms. The second-order valence-corrected chi connectivity index (χ2v) is 12.7. The summed E-state index contributed by atoms with van der Waals surface area (Å²) in [5.41, 5.74) is 1.83. The van der Waals surface area contributed by atoms with Gasteiger partial charge in [0.15, 0.2) is 11.6 Å². The lowest BCUT2D eigenvalue weighted by Crippen LogP contribution is -2.44. The van der Waals surface area contributed by atoms with E-state index >= 15 is 0 Å². The number of rotatable bonds is 4. The van der Waals surface area contributed by atoms with Crippen molar-refractivity contribution < 1.29 is 19.2 Å². The van der Waals surface area contributed by atoms with E-state index in [9.17, 15) is 19.2 Å². The molecule has 0 N–H and O–H groups in total. The number of thioether (sulfide) groups is 1. The number of carbonyl (C=O) groups excluding carboxylic acids is 4. The van der Waals surface area contributed by atoms with Gasteiger partial charge in [0.1, 0.15) is 0 Å². The van der Waals surface area contributed by atoms with Crippen LogP contribution in [0.4, 0.5) is 0 Å². The number of fused-ring (bicyclic) bond motifs is 1. The highest BCUT2D eigenvalue weighted by Gasteiger charge is 2.44. The molecule has 2 fully saturated rings. The molecule has 4 heterocycles. The van der Waals surface area contributed by atoms with Crippen LogP contribution < -0.4 is 0 Å². The molecule has 0 radical (unpaired) electrons. The summed E-state index contributed by atoms with van der Waals surface area (Å²) in [7, 11) is 0. The summed E-state index contributed by atoms with van der Waals surface area (Å²) in [6.45, 7) is 4.32. The molecule has 180 valence electrons. The molecule has 2 aromatic rings. The van der Waals surface area contributed by atoms with Gasteiger partial charge in [-0.2, -0.15) is 0 Å². The highest BCUT2D eigenvalue weighted by molar-refractivity contribution is 8.00. The molecule has 1 spiro atoms. The minimum absolute atomic E-state index is 0.00208. The summed E-state index contributed by atoms with van der Waals surface area (Å²) in [5.74, 6) is 0.232. The Morgan fingerprint density at radius 1 is 0.941 bits per heavy atom. The van der Waals surface area contributed by atoms with Gasteiger partial charge >= 0.3 is 0 Å². The molecule has 6 nitrogen and oxygen atoms in total. The van der Waals surface area contributed by atoms with Crippen LogP contribution in [0.3, 0.4) is 0 Å². The Kier molecular flexibility index (Phi) is 6.46. The number of piperidine rings is 1. The standard InChI is InChI=1S/C25H28N2O4S3/c1-15(28)18-6-7-19(33-18)22(30)26-11-8-25(9-12-26)10-13-27(14-25)23(31)21-16-4-3-5-17(29)20(16)24(32-2)34-21/h6-7H,3-5,8-14H2,1-2H3. The molecule has 1 aliphatic carbocycles. The monoisotopic (exact) mass is 516 g/mol. The molecule has 0 bridgehead atoms. The van der Waals surface area contributed by atoms with E-state index in [2.05, 4.69) is 0 Å². The van der Waals surface area contributed by atoms with E-state index in [-0.39, 0.29) is 28.8 Å². The third-order valence-corrected chi connectivity index (χ3v) is 11.0. The van der Waals surface area contributed by atoms with Gasteiger partial charge in [0.05, 0.1) is 18.8 Å². The Labute approximate surface area is 211 Å². The van der Waals surface area contributed by atoms with Crippen LogP contribution in [-0.2, 0) is 6.42 Å². The number of carbonyl (C=O) groups is 4. The molecule has 0 saturated carbocycles. The minimum atomic E-state index is -0.0154. The van der Waals surface area contributed by atoms with Crippen molar-refractivity contribution in [2.45, 2.75) is 49.7 Å². The van der Waals surface area contributed by atoms with Gasteiger partial charge in [0.2, 0.25) is 0 Å². The van der Waals surface area contributed by atoms with Crippen LogP contribution in [0.5, 0.6) is 0 Å². The molecule has 2 saturated heterocycles. The zero-order valence-electron chi connectivity index (χ0n) is 19.5. The van der Waals surface area contributed by atoms with E-state index in [1.54, 1.807) is 23.9 Å². The van der Waals surface area contributed by atoms with Crippen LogP contribution in [0.25, 0.3) is 0 Å². The first-order valence-electron chi connectivity index (χ1n) is 11.7. The lowest BCUT2D eigenvalue weighted by atomic mass is 9.77. The van der Waals surface area contributed by atoms with Gasteiger partial charge in [-0.15, -0.1) is 34.4 Å². The van der Waals surface area contributed by atoms with E-state index in [0.29, 0.717) is 29.3 Å². The molecule has 2 aromatic heterocycles. The molecule has 2 amide bonds. The van der Waals surface area contributed by atoms with Crippen molar-refractivity contribution >= 4 is 57.8 Å². The number of hydrogen-bond donors (Lipinski definition) is 0. The Bertz CT molecular complexity index is 1170. The first-order valence-corrected chi connectivity index (χ1v) is 14.6. The summed E-state index contributed by atoms with van der Waals surface area (Å²) in [6.07, 6.45) is 6.89. The molecule has 9 heteroatoms. The second-order valence-electron chi connectivity index (χ2n) is 9.54. The van der Waals surface area contributed by atoms with Crippen LogP contribution in [0.1, 0.15) is 84.0 Å². The topological polar surface area (TPSA) is 74.8 Å². The van der Waals surface area contributed by atoms with E-state index in [0.717, 1.165) is 65.4 Å². The summed E-state index contributed by atoms with van der Waals surface area (Å²) in [5, 5.41) is 0. The molecule has 0 unspecified atom stereocenters. The first-order chi connectivity index (χ1) is 16.3. The number of hydrogen-bond acceptors (Lipinski definition) is 7. The molecule has 0 atom stereocenters. The van der Waals surface area contributed by atoms with Gasteiger partial charge in [-0.1, -0.05) is 0 Å². The average Bonchev–Trinajstić information content (AvgIpc) is 3.57. The quantitative estimate of drug-likeness (QED) is 0.421. The maximum atomic E-state index is 13.5. The third-order valence-electron chi connectivity index (χ3n) is 7.46. The zero-order valence-corrected chi connectivity index (χ0v) is 21.9. The minimum Gasteiger partial charge on any atom is -0.338 e. The van der Waals surface area contributed by atoms with E-state index in [1.807, 2.05) is 16.1 Å². The van der Waals surface area contributed by atoms with Gasteiger partial charge in [-0.3, -0.25) is 19.2 Å². The predicted molar refractivity (Wildman–Crippen MR) is 136 cm³/mol. The van der Waals surface area contributed by atoms with E-state index < -0.39 is 0 Å². The maximum Gasteiger partial charge on any atom is 0.264 e. The molecule has 0 aromatic carbocycles. The maximum absolute atomic E-state index is 13.5. The Balaban J connectivity index is 1.25. The highest BCUT2D eigenvalue weighted by atomic mass is 32.2. The van der Waals surface area contributed by atoms with Gasteiger partial charge in [0, 0.05) is 38.2 Å². The van der Waals surface area contributed by atoms with E-state index in [4.69, 9.17) is 0 Å². The van der Waals surface area contributed by atoms with Gasteiger partial charge in [-0.05, 0) is 68.4 Å². The lowest BCUT2D eigenvalue weighted by Gasteiger charge is -2.39. The van der Waals surface area contributed by atoms with Gasteiger partial charge in [0.25, 0.3) is 11.8 Å². The van der Waals surface area contributed by atoms with Crippen LogP contribution in [0.15, 0.2) is 16.3 Å². The smallest absolute Gasteiger partial charge is 0.264 e. The molecular weight excluding hydrogens is 488 g/mol. The fourth-order valence-electron chi connectivity index (χ4n) is 5.47. The Morgan fingerprint density at radius 3 is 2.26 bits per heavy atom. The first kappa shape index (κ1) is 23.8. The number of thiophene rings is 2. The fraction of sp³-hybridized carbons (Fsp3) is 0.520. The predicted octanol–water partition coefficient (Wildman–Crippen LogP) is 5.02. The third kappa shape index (κ3) is 4.16. The summed E-state index contributed by atoms with van der Waals surface area (Å²) in [4.78, 5) is 56.4. The summed E-state index contributed by atoms with van der Waals surface area (Å²) >= 11 is 4.32. The van der Waals surface area contributed by atoms with Crippen molar-refractivity contribution in [3.05, 3.63) is 37.9 Å². The van der Waals surface area contributed by atoms with Crippen molar-refractivity contribution in [3.8, 4) is 0 Å². The fourth-order valence-corrected chi connectivity index (χ4v) is 8.43. The normalized spacial score (nSPS) is 19.5. The largest absolute Gasteiger partial charge is 0.338 e. The SMILES string of the molecule is CSc1sc(C(=O)N2CCC3(CCN(C(=O)c4ccc(C(C)=O)s4)CC3)C2)c2c1C(=O)CCC2. The molecule has 3 aliphatic rings. The summed E-state index contributed by atoms with van der Waals surface area (Å²) < 4.78 is 0.977. The van der Waals surface area contributed by atoms with Crippen LogP contribution >= 0.6 is 34.4 Å². The Hall–Kier alpha value is -1.97.